The quantitative estimate of drug-likeness (QED) is 0.898. The second-order valence-electron chi connectivity index (χ2n) is 5.21. The normalized spacial score (nSPS) is 27.6. The van der Waals surface area contributed by atoms with Crippen molar-refractivity contribution >= 4 is 29.2 Å². The van der Waals surface area contributed by atoms with Crippen LogP contribution in [0.25, 0.3) is 0 Å². The molecule has 20 heavy (non-hydrogen) atoms. The summed E-state index contributed by atoms with van der Waals surface area (Å²) in [6, 6.07) is 4.38. The Kier molecular flexibility index (Phi) is 3.40. The van der Waals surface area contributed by atoms with Crippen LogP contribution >= 0.6 is 11.6 Å². The SMILES string of the molecule is O=C(O)c1ccc(NC(=O)C2CC3CCC2O3)cc1Cl. The monoisotopic (exact) mass is 295 g/mol. The van der Waals surface area contributed by atoms with Gasteiger partial charge in [-0.1, -0.05) is 11.6 Å². The molecule has 1 aromatic rings. The number of hydrogen-bond acceptors (Lipinski definition) is 3. The largest absolute Gasteiger partial charge is 0.478 e. The molecule has 106 valence electrons. The Morgan fingerprint density at radius 1 is 1.35 bits per heavy atom. The zero-order valence-electron chi connectivity index (χ0n) is 10.6. The van der Waals surface area contributed by atoms with E-state index in [1.54, 1.807) is 6.07 Å². The minimum Gasteiger partial charge on any atom is -0.478 e. The third-order valence-corrected chi connectivity index (χ3v) is 4.22. The Labute approximate surface area is 120 Å². The van der Waals surface area contributed by atoms with Crippen LogP contribution in [0.2, 0.25) is 5.02 Å². The molecule has 2 bridgehead atoms. The first-order chi connectivity index (χ1) is 9.54. The molecule has 2 N–H and O–H groups in total. The summed E-state index contributed by atoms with van der Waals surface area (Å²) in [6.07, 6.45) is 2.97. The number of benzene rings is 1. The van der Waals surface area contributed by atoms with Crippen LogP contribution in [0.3, 0.4) is 0 Å². The second kappa shape index (κ2) is 5.07. The highest BCUT2D eigenvalue weighted by Gasteiger charge is 2.44. The summed E-state index contributed by atoms with van der Waals surface area (Å²) in [5.41, 5.74) is 0.528. The molecule has 0 aromatic heterocycles. The second-order valence-corrected chi connectivity index (χ2v) is 5.61. The van der Waals surface area contributed by atoms with E-state index < -0.39 is 5.97 Å². The number of ether oxygens (including phenoxy) is 1. The highest BCUT2D eigenvalue weighted by Crippen LogP contribution is 2.39. The van der Waals surface area contributed by atoms with Crippen LogP contribution in [0.4, 0.5) is 5.69 Å². The highest BCUT2D eigenvalue weighted by molar-refractivity contribution is 6.33. The number of amides is 1. The number of carboxylic acid groups (broad SMARTS) is 1. The average molecular weight is 296 g/mol. The minimum atomic E-state index is -1.09. The molecule has 3 atom stereocenters. The van der Waals surface area contributed by atoms with Gasteiger partial charge in [-0.25, -0.2) is 4.79 Å². The van der Waals surface area contributed by atoms with E-state index in [0.29, 0.717) is 5.69 Å². The summed E-state index contributed by atoms with van der Waals surface area (Å²) in [5.74, 6) is -1.29. The molecule has 3 unspecified atom stereocenters. The van der Waals surface area contributed by atoms with Crippen molar-refractivity contribution < 1.29 is 19.4 Å². The van der Waals surface area contributed by atoms with Gasteiger partial charge in [-0.2, -0.15) is 0 Å². The van der Waals surface area contributed by atoms with Gasteiger partial charge in [-0.05, 0) is 37.5 Å². The first-order valence-corrected chi connectivity index (χ1v) is 6.91. The fourth-order valence-corrected chi connectivity index (χ4v) is 3.18. The van der Waals surface area contributed by atoms with Gasteiger partial charge in [0.15, 0.2) is 0 Å². The van der Waals surface area contributed by atoms with Gasteiger partial charge >= 0.3 is 5.97 Å². The average Bonchev–Trinajstić information content (AvgIpc) is 3.00. The van der Waals surface area contributed by atoms with E-state index >= 15 is 0 Å². The Hall–Kier alpha value is -1.59. The molecule has 0 radical (unpaired) electrons. The van der Waals surface area contributed by atoms with Gasteiger partial charge in [0.2, 0.25) is 5.91 Å². The van der Waals surface area contributed by atoms with Gasteiger partial charge in [0.1, 0.15) is 0 Å². The first kappa shape index (κ1) is 13.4. The van der Waals surface area contributed by atoms with E-state index in [-0.39, 0.29) is 34.6 Å². The number of carbonyl (C=O) groups excluding carboxylic acids is 1. The van der Waals surface area contributed by atoms with Crippen LogP contribution in [-0.2, 0) is 9.53 Å². The summed E-state index contributed by atoms with van der Waals surface area (Å²) >= 11 is 5.87. The van der Waals surface area contributed by atoms with E-state index in [9.17, 15) is 9.59 Å². The summed E-state index contributed by atoms with van der Waals surface area (Å²) < 4.78 is 5.65. The lowest BCUT2D eigenvalue weighted by atomic mass is 9.88. The third-order valence-electron chi connectivity index (χ3n) is 3.91. The van der Waals surface area contributed by atoms with Crippen LogP contribution in [0, 0.1) is 5.92 Å². The van der Waals surface area contributed by atoms with Crippen molar-refractivity contribution in [1.82, 2.24) is 0 Å². The molecule has 2 heterocycles. The predicted molar refractivity (Wildman–Crippen MR) is 73.0 cm³/mol. The van der Waals surface area contributed by atoms with E-state index in [4.69, 9.17) is 21.4 Å². The van der Waals surface area contributed by atoms with E-state index in [0.717, 1.165) is 19.3 Å². The van der Waals surface area contributed by atoms with Gasteiger partial charge in [0, 0.05) is 5.69 Å². The van der Waals surface area contributed by atoms with Crippen LogP contribution in [0.15, 0.2) is 18.2 Å². The Morgan fingerprint density at radius 3 is 2.70 bits per heavy atom. The number of anilines is 1. The molecule has 2 fully saturated rings. The van der Waals surface area contributed by atoms with Crippen LogP contribution in [-0.4, -0.2) is 29.2 Å². The summed E-state index contributed by atoms with van der Waals surface area (Å²) in [5, 5.41) is 11.8. The molecule has 5 nitrogen and oxygen atoms in total. The number of aromatic carboxylic acids is 1. The number of carbonyl (C=O) groups is 2. The molecule has 2 saturated heterocycles. The van der Waals surface area contributed by atoms with Gasteiger partial charge in [0.25, 0.3) is 0 Å². The summed E-state index contributed by atoms with van der Waals surface area (Å²) in [6.45, 7) is 0. The molecule has 2 aliphatic heterocycles. The van der Waals surface area contributed by atoms with Crippen LogP contribution < -0.4 is 5.32 Å². The predicted octanol–water partition coefficient (Wildman–Crippen LogP) is 2.54. The maximum absolute atomic E-state index is 12.2. The van der Waals surface area contributed by atoms with Gasteiger partial charge in [0.05, 0.1) is 28.7 Å². The highest BCUT2D eigenvalue weighted by atomic mass is 35.5. The van der Waals surface area contributed by atoms with E-state index in [2.05, 4.69) is 5.32 Å². The smallest absolute Gasteiger partial charge is 0.337 e. The molecular formula is C14H14ClNO4. The van der Waals surface area contributed by atoms with E-state index in [1.807, 2.05) is 0 Å². The van der Waals surface area contributed by atoms with Crippen LogP contribution in [0.5, 0.6) is 0 Å². The van der Waals surface area contributed by atoms with Crippen LogP contribution in [0.1, 0.15) is 29.6 Å². The molecule has 1 amide bonds. The molecule has 0 spiro atoms. The molecule has 1 aromatic carbocycles. The molecule has 3 rings (SSSR count). The summed E-state index contributed by atoms with van der Waals surface area (Å²) in [4.78, 5) is 23.0. The molecule has 0 aliphatic carbocycles. The topological polar surface area (TPSA) is 75.6 Å². The molecule has 6 heteroatoms. The number of carboxylic acids is 1. The van der Waals surface area contributed by atoms with Crippen molar-refractivity contribution in [3.8, 4) is 0 Å². The molecule has 0 saturated carbocycles. The Bertz CT molecular complexity index is 574. The van der Waals surface area contributed by atoms with Crippen molar-refractivity contribution in [2.45, 2.75) is 31.5 Å². The number of fused-ring (bicyclic) bond motifs is 2. The number of halogens is 1. The Morgan fingerprint density at radius 2 is 2.15 bits per heavy atom. The maximum Gasteiger partial charge on any atom is 0.337 e. The first-order valence-electron chi connectivity index (χ1n) is 6.54. The standard InChI is InChI=1S/C14H14ClNO4/c15-11-5-7(1-3-9(11)14(18)19)16-13(17)10-6-8-2-4-12(10)20-8/h1,3,5,8,10,12H,2,4,6H2,(H,16,17)(H,18,19). The lowest BCUT2D eigenvalue weighted by Crippen LogP contribution is -2.30. The zero-order chi connectivity index (χ0) is 14.3. The van der Waals surface area contributed by atoms with Gasteiger partial charge in [-0.3, -0.25) is 4.79 Å². The fourth-order valence-electron chi connectivity index (χ4n) is 2.92. The van der Waals surface area contributed by atoms with E-state index in [1.165, 1.54) is 12.1 Å². The Balaban J connectivity index is 1.70. The van der Waals surface area contributed by atoms with Crippen molar-refractivity contribution in [3.63, 3.8) is 0 Å². The van der Waals surface area contributed by atoms with Crippen molar-refractivity contribution in [1.29, 1.82) is 0 Å². The zero-order valence-corrected chi connectivity index (χ0v) is 11.4. The number of nitrogens with one attached hydrogen (secondary N) is 1. The van der Waals surface area contributed by atoms with Gasteiger partial charge < -0.3 is 15.2 Å². The fraction of sp³-hybridized carbons (Fsp3) is 0.429. The van der Waals surface area contributed by atoms with Crippen molar-refractivity contribution in [2.24, 2.45) is 5.92 Å². The number of rotatable bonds is 3. The maximum atomic E-state index is 12.2. The minimum absolute atomic E-state index is 0.0212. The lowest BCUT2D eigenvalue weighted by molar-refractivity contribution is -0.121. The third kappa shape index (κ3) is 2.39. The number of hydrogen-bond donors (Lipinski definition) is 2. The molecular weight excluding hydrogens is 282 g/mol. The van der Waals surface area contributed by atoms with Crippen molar-refractivity contribution in [3.05, 3.63) is 28.8 Å². The molecule has 2 aliphatic rings. The lowest BCUT2D eigenvalue weighted by Gasteiger charge is -2.18. The summed E-state index contributed by atoms with van der Waals surface area (Å²) in [7, 11) is 0. The van der Waals surface area contributed by atoms with Gasteiger partial charge in [-0.15, -0.1) is 0 Å². The van der Waals surface area contributed by atoms with Crippen molar-refractivity contribution in [2.75, 3.05) is 5.32 Å².